The minimum Gasteiger partial charge on any atom is -0.369 e. The van der Waals surface area contributed by atoms with Crippen molar-refractivity contribution in [3.63, 3.8) is 0 Å². The van der Waals surface area contributed by atoms with Gasteiger partial charge in [-0.3, -0.25) is 9.59 Å². The normalized spacial score (nSPS) is 37.6. The van der Waals surface area contributed by atoms with Crippen molar-refractivity contribution >= 4 is 11.8 Å². The van der Waals surface area contributed by atoms with Gasteiger partial charge in [0.15, 0.2) is 0 Å². The van der Waals surface area contributed by atoms with E-state index in [-0.39, 0.29) is 23.3 Å². The Kier molecular flexibility index (Phi) is 4.74. The Morgan fingerprint density at radius 2 is 1.84 bits per heavy atom. The molecule has 6 nitrogen and oxygen atoms in total. The molecule has 172 valence electrons. The number of allylic oxidation sites excluding steroid dienone is 4. The van der Waals surface area contributed by atoms with Crippen LogP contribution in [0.15, 0.2) is 28.8 Å². The molecule has 6 rings (SSSR count). The summed E-state index contributed by atoms with van der Waals surface area (Å²) in [6.45, 7) is 7.96. The second kappa shape index (κ2) is 7.06. The summed E-state index contributed by atoms with van der Waals surface area (Å²) in [5.74, 6) is 1.93. The number of primary amides is 1. The first-order chi connectivity index (χ1) is 15.1. The fraction of sp³-hybridized carbons (Fsp3) is 0.654. The molecule has 2 amide bonds. The summed E-state index contributed by atoms with van der Waals surface area (Å²) < 4.78 is 5.53. The first-order valence-corrected chi connectivity index (χ1v) is 12.0. The monoisotopic (exact) mass is 437 g/mol. The standard InChI is InChI=1S/C26H35N3O3/c1-15-20(16(2)32-29-15)26(8-6-5-7-9-26)24(3,4)23(31)28-21-18-10-17-11-19(21)14-25(12-17,13-18)22(27)30/h5-8,17-19,21H,9-14H2,1-4H3,(H2,27,30)(H,28,31). The summed E-state index contributed by atoms with van der Waals surface area (Å²) in [5, 5.41) is 7.68. The zero-order chi connectivity index (χ0) is 22.9. The lowest BCUT2D eigenvalue weighted by atomic mass is 9.47. The zero-order valence-electron chi connectivity index (χ0n) is 19.6. The number of carbonyl (C=O) groups excluding carboxylic acids is 2. The van der Waals surface area contributed by atoms with Crippen LogP contribution in [0.2, 0.25) is 0 Å². The molecule has 1 aromatic rings. The van der Waals surface area contributed by atoms with Crippen molar-refractivity contribution in [1.29, 1.82) is 0 Å². The van der Waals surface area contributed by atoms with E-state index in [0.29, 0.717) is 17.8 Å². The molecular weight excluding hydrogens is 402 g/mol. The van der Waals surface area contributed by atoms with Crippen LogP contribution < -0.4 is 11.1 Å². The number of aromatic nitrogens is 1. The fourth-order valence-electron chi connectivity index (χ4n) is 7.80. The van der Waals surface area contributed by atoms with Gasteiger partial charge in [-0.25, -0.2) is 0 Å². The molecule has 0 spiro atoms. The molecule has 6 heteroatoms. The van der Waals surface area contributed by atoms with Crippen LogP contribution in [0.1, 0.15) is 69.4 Å². The molecule has 1 aromatic heterocycles. The van der Waals surface area contributed by atoms with E-state index in [9.17, 15) is 9.59 Å². The van der Waals surface area contributed by atoms with Crippen LogP contribution in [0, 0.1) is 42.4 Å². The third-order valence-corrected chi connectivity index (χ3v) is 9.32. The van der Waals surface area contributed by atoms with Crippen LogP contribution in [-0.2, 0) is 15.0 Å². The van der Waals surface area contributed by atoms with Gasteiger partial charge in [0, 0.05) is 22.4 Å². The molecule has 1 heterocycles. The van der Waals surface area contributed by atoms with Crippen molar-refractivity contribution in [2.75, 3.05) is 0 Å². The summed E-state index contributed by atoms with van der Waals surface area (Å²) in [6, 6.07) is 0.121. The summed E-state index contributed by atoms with van der Waals surface area (Å²) in [5.41, 5.74) is 6.11. The lowest BCUT2D eigenvalue weighted by molar-refractivity contribution is -0.149. The van der Waals surface area contributed by atoms with Crippen molar-refractivity contribution in [1.82, 2.24) is 10.5 Å². The predicted octanol–water partition coefficient (Wildman–Crippen LogP) is 3.87. The molecule has 0 radical (unpaired) electrons. The maximum absolute atomic E-state index is 14.0. The number of nitrogens with one attached hydrogen (secondary N) is 1. The molecule has 0 aliphatic heterocycles. The third-order valence-electron chi connectivity index (χ3n) is 9.32. The Labute approximate surface area is 190 Å². The maximum Gasteiger partial charge on any atom is 0.227 e. The number of hydrogen-bond acceptors (Lipinski definition) is 4. The Morgan fingerprint density at radius 3 is 2.38 bits per heavy atom. The first kappa shape index (κ1) is 21.5. The van der Waals surface area contributed by atoms with Gasteiger partial charge in [0.25, 0.3) is 0 Å². The number of carbonyl (C=O) groups is 2. The van der Waals surface area contributed by atoms with Gasteiger partial charge in [-0.1, -0.05) is 29.5 Å². The van der Waals surface area contributed by atoms with E-state index in [0.717, 1.165) is 55.5 Å². The molecular formula is C26H35N3O3. The van der Waals surface area contributed by atoms with Crippen LogP contribution in [0.3, 0.4) is 0 Å². The maximum atomic E-state index is 14.0. The largest absolute Gasteiger partial charge is 0.369 e. The Bertz CT molecular complexity index is 984. The number of rotatable bonds is 5. The molecule has 32 heavy (non-hydrogen) atoms. The van der Waals surface area contributed by atoms with E-state index in [1.54, 1.807) is 0 Å². The lowest BCUT2D eigenvalue weighted by Gasteiger charge is -2.59. The fourth-order valence-corrected chi connectivity index (χ4v) is 7.80. The molecule has 4 fully saturated rings. The average Bonchev–Trinajstić information content (AvgIpc) is 3.08. The first-order valence-electron chi connectivity index (χ1n) is 12.0. The van der Waals surface area contributed by atoms with Gasteiger partial charge in [-0.05, 0) is 84.0 Å². The molecule has 0 saturated heterocycles. The zero-order valence-corrected chi connectivity index (χ0v) is 19.6. The number of nitrogens with zero attached hydrogens (tertiary/aromatic N) is 1. The Morgan fingerprint density at radius 1 is 1.16 bits per heavy atom. The SMILES string of the molecule is Cc1noc(C)c1C1(C(C)(C)C(=O)NC2C3CC4CC2CC(C(N)=O)(C4)C3)C=CC=CC1. The number of hydrogen-bond donors (Lipinski definition) is 2. The lowest BCUT2D eigenvalue weighted by Crippen LogP contribution is -2.64. The van der Waals surface area contributed by atoms with Gasteiger partial charge >= 0.3 is 0 Å². The van der Waals surface area contributed by atoms with E-state index in [1.165, 1.54) is 0 Å². The topological polar surface area (TPSA) is 98.2 Å². The van der Waals surface area contributed by atoms with Crippen molar-refractivity contribution in [3.8, 4) is 0 Å². The minimum absolute atomic E-state index is 0.0584. The highest BCUT2D eigenvalue weighted by Gasteiger charge is 2.59. The summed E-state index contributed by atoms with van der Waals surface area (Å²) in [6.07, 6.45) is 13.8. The van der Waals surface area contributed by atoms with E-state index in [1.807, 2.05) is 39.8 Å². The second-order valence-corrected chi connectivity index (χ2v) is 11.4. The van der Waals surface area contributed by atoms with Crippen molar-refractivity contribution in [2.45, 2.75) is 77.7 Å². The summed E-state index contributed by atoms with van der Waals surface area (Å²) >= 11 is 0. The second-order valence-electron chi connectivity index (χ2n) is 11.4. The van der Waals surface area contributed by atoms with Gasteiger partial charge in [0.1, 0.15) is 5.76 Å². The van der Waals surface area contributed by atoms with Crippen LogP contribution in [0.25, 0.3) is 0 Å². The highest BCUT2D eigenvalue weighted by molar-refractivity contribution is 5.85. The van der Waals surface area contributed by atoms with Crippen molar-refractivity contribution < 1.29 is 14.1 Å². The predicted molar refractivity (Wildman–Crippen MR) is 121 cm³/mol. The molecule has 0 aromatic carbocycles. The highest BCUT2D eigenvalue weighted by Crippen LogP contribution is 2.60. The highest BCUT2D eigenvalue weighted by atomic mass is 16.5. The van der Waals surface area contributed by atoms with Gasteiger partial charge < -0.3 is 15.6 Å². The number of nitrogens with two attached hydrogens (primary N) is 1. The van der Waals surface area contributed by atoms with Crippen LogP contribution in [-0.4, -0.2) is 23.0 Å². The molecule has 5 aliphatic rings. The van der Waals surface area contributed by atoms with E-state index in [2.05, 4.69) is 22.6 Å². The van der Waals surface area contributed by atoms with Crippen molar-refractivity contribution in [2.24, 2.45) is 34.3 Å². The van der Waals surface area contributed by atoms with E-state index in [4.69, 9.17) is 10.3 Å². The van der Waals surface area contributed by atoms with Crippen LogP contribution in [0.4, 0.5) is 0 Å². The molecule has 3 unspecified atom stereocenters. The van der Waals surface area contributed by atoms with Crippen molar-refractivity contribution in [3.05, 3.63) is 41.3 Å². The minimum atomic E-state index is -0.717. The third kappa shape index (κ3) is 2.87. The van der Waals surface area contributed by atoms with E-state index < -0.39 is 10.8 Å². The quantitative estimate of drug-likeness (QED) is 0.731. The summed E-state index contributed by atoms with van der Waals surface area (Å²) in [4.78, 5) is 26.3. The van der Waals surface area contributed by atoms with Gasteiger partial charge in [-0.15, -0.1) is 0 Å². The smallest absolute Gasteiger partial charge is 0.227 e. The van der Waals surface area contributed by atoms with Crippen LogP contribution in [0.5, 0.6) is 0 Å². The average molecular weight is 438 g/mol. The molecule has 4 bridgehead atoms. The van der Waals surface area contributed by atoms with Gasteiger partial charge in [0.05, 0.1) is 11.1 Å². The van der Waals surface area contributed by atoms with Gasteiger partial charge in [0.2, 0.25) is 11.8 Å². The molecule has 3 atom stereocenters. The molecule has 4 saturated carbocycles. The van der Waals surface area contributed by atoms with Gasteiger partial charge in [-0.2, -0.15) is 0 Å². The summed E-state index contributed by atoms with van der Waals surface area (Å²) in [7, 11) is 0. The van der Waals surface area contributed by atoms with Crippen LogP contribution >= 0.6 is 0 Å². The van der Waals surface area contributed by atoms with E-state index >= 15 is 0 Å². The Balaban J connectivity index is 1.45. The molecule has 3 N–H and O–H groups in total. The number of amides is 2. The Hall–Kier alpha value is -2.37. The molecule has 5 aliphatic carbocycles. The number of aryl methyl sites for hydroxylation is 2.